The molecule has 2 atom stereocenters. The lowest BCUT2D eigenvalue weighted by atomic mass is 9.83. The third-order valence-corrected chi connectivity index (χ3v) is 4.48. The van der Waals surface area contributed by atoms with Crippen LogP contribution >= 0.6 is 0 Å². The molecule has 2 nitrogen and oxygen atoms in total. The molecule has 0 aromatic heterocycles. The molecule has 0 aliphatic rings. The SMILES string of the molecule is CC(CCN(CCCN)CCC(C)CC(C)(C)C)CC(C)(C)C. The molecule has 140 valence electrons. The molecule has 0 spiro atoms. The van der Waals surface area contributed by atoms with Gasteiger partial charge in [-0.3, -0.25) is 0 Å². The van der Waals surface area contributed by atoms with E-state index in [0.29, 0.717) is 10.8 Å². The van der Waals surface area contributed by atoms with E-state index in [1.807, 2.05) is 0 Å². The first kappa shape index (κ1) is 22.9. The quantitative estimate of drug-likeness (QED) is 0.538. The van der Waals surface area contributed by atoms with Gasteiger partial charge in [-0.2, -0.15) is 0 Å². The Hall–Kier alpha value is -0.0800. The Balaban J connectivity index is 4.25. The van der Waals surface area contributed by atoms with Crippen molar-refractivity contribution in [2.75, 3.05) is 26.2 Å². The van der Waals surface area contributed by atoms with E-state index in [4.69, 9.17) is 5.73 Å². The normalized spacial score (nSPS) is 15.9. The third-order valence-electron chi connectivity index (χ3n) is 4.48. The van der Waals surface area contributed by atoms with Crippen LogP contribution < -0.4 is 5.73 Å². The zero-order chi connectivity index (χ0) is 18.1. The fourth-order valence-corrected chi connectivity index (χ4v) is 3.75. The van der Waals surface area contributed by atoms with Crippen LogP contribution in [0.25, 0.3) is 0 Å². The van der Waals surface area contributed by atoms with Crippen molar-refractivity contribution >= 4 is 0 Å². The molecule has 0 aliphatic carbocycles. The van der Waals surface area contributed by atoms with Gasteiger partial charge in [-0.25, -0.2) is 0 Å². The first-order valence-corrected chi connectivity index (χ1v) is 9.85. The van der Waals surface area contributed by atoms with Gasteiger partial charge in [-0.15, -0.1) is 0 Å². The van der Waals surface area contributed by atoms with Crippen molar-refractivity contribution in [1.82, 2.24) is 4.90 Å². The Kier molecular flexibility index (Phi) is 10.7. The molecule has 0 fully saturated rings. The number of nitrogens with two attached hydrogens (primary N) is 1. The maximum Gasteiger partial charge on any atom is -0.000671 e. The van der Waals surface area contributed by atoms with Crippen molar-refractivity contribution in [3.8, 4) is 0 Å². The standard InChI is InChI=1S/C21H46N2/c1-18(16-20(3,4)5)10-14-23(13-9-12-22)15-11-19(2)17-21(6,7)8/h18-19H,9-17,22H2,1-8H3. The van der Waals surface area contributed by atoms with Crippen molar-refractivity contribution in [2.24, 2.45) is 28.4 Å². The largest absolute Gasteiger partial charge is 0.330 e. The highest BCUT2D eigenvalue weighted by Crippen LogP contribution is 2.27. The summed E-state index contributed by atoms with van der Waals surface area (Å²) < 4.78 is 0. The predicted octanol–water partition coefficient (Wildman–Crippen LogP) is 5.56. The highest BCUT2D eigenvalue weighted by molar-refractivity contribution is 4.71. The summed E-state index contributed by atoms with van der Waals surface area (Å²) in [6, 6.07) is 0. The average Bonchev–Trinajstić information content (AvgIpc) is 2.33. The van der Waals surface area contributed by atoms with E-state index >= 15 is 0 Å². The van der Waals surface area contributed by atoms with Gasteiger partial charge >= 0.3 is 0 Å². The molecule has 2 unspecified atom stereocenters. The van der Waals surface area contributed by atoms with Gasteiger partial charge in [0.2, 0.25) is 0 Å². The molecule has 2 N–H and O–H groups in total. The molecular weight excluding hydrogens is 280 g/mol. The molecule has 23 heavy (non-hydrogen) atoms. The molecule has 0 bridgehead atoms. The minimum absolute atomic E-state index is 0.447. The lowest BCUT2D eigenvalue weighted by molar-refractivity contribution is 0.205. The Morgan fingerprint density at radius 2 is 1.13 bits per heavy atom. The van der Waals surface area contributed by atoms with E-state index in [2.05, 4.69) is 60.3 Å². The zero-order valence-electron chi connectivity index (χ0n) is 17.5. The highest BCUT2D eigenvalue weighted by atomic mass is 15.1. The van der Waals surface area contributed by atoms with Crippen LogP contribution in [0, 0.1) is 22.7 Å². The molecule has 0 heterocycles. The second-order valence-corrected chi connectivity index (χ2v) is 10.3. The Labute approximate surface area is 147 Å². The van der Waals surface area contributed by atoms with Gasteiger partial charge in [-0.1, -0.05) is 55.4 Å². The summed E-state index contributed by atoms with van der Waals surface area (Å²) in [6.45, 7) is 23.4. The van der Waals surface area contributed by atoms with E-state index in [0.717, 1.165) is 24.8 Å². The number of nitrogens with zero attached hydrogens (tertiary/aromatic N) is 1. The second kappa shape index (κ2) is 10.7. The smallest absolute Gasteiger partial charge is 0.000671 e. The zero-order valence-corrected chi connectivity index (χ0v) is 17.5. The first-order valence-electron chi connectivity index (χ1n) is 9.85. The van der Waals surface area contributed by atoms with Crippen molar-refractivity contribution in [2.45, 2.75) is 87.5 Å². The summed E-state index contributed by atoms with van der Waals surface area (Å²) in [7, 11) is 0. The van der Waals surface area contributed by atoms with E-state index in [1.54, 1.807) is 0 Å². The first-order chi connectivity index (χ1) is 10.4. The van der Waals surface area contributed by atoms with Crippen molar-refractivity contribution in [1.29, 1.82) is 0 Å². The van der Waals surface area contributed by atoms with Crippen LogP contribution in [0.5, 0.6) is 0 Å². The fourth-order valence-electron chi connectivity index (χ4n) is 3.75. The number of hydrogen-bond donors (Lipinski definition) is 1. The molecule has 0 radical (unpaired) electrons. The summed E-state index contributed by atoms with van der Waals surface area (Å²) in [5, 5.41) is 0. The van der Waals surface area contributed by atoms with Gasteiger partial charge in [0.1, 0.15) is 0 Å². The van der Waals surface area contributed by atoms with Crippen LogP contribution in [0.1, 0.15) is 87.5 Å². The van der Waals surface area contributed by atoms with Crippen LogP contribution in [0.2, 0.25) is 0 Å². The highest BCUT2D eigenvalue weighted by Gasteiger charge is 2.18. The van der Waals surface area contributed by atoms with Crippen LogP contribution in [0.15, 0.2) is 0 Å². The molecule has 0 aromatic rings. The Morgan fingerprint density at radius 3 is 1.43 bits per heavy atom. The van der Waals surface area contributed by atoms with Crippen LogP contribution in [-0.2, 0) is 0 Å². The van der Waals surface area contributed by atoms with E-state index < -0.39 is 0 Å². The van der Waals surface area contributed by atoms with E-state index in [-0.39, 0.29) is 0 Å². The molecule has 0 saturated heterocycles. The van der Waals surface area contributed by atoms with Gasteiger partial charge < -0.3 is 10.6 Å². The van der Waals surface area contributed by atoms with Gasteiger partial charge in [0.15, 0.2) is 0 Å². The van der Waals surface area contributed by atoms with Gasteiger partial charge in [0.25, 0.3) is 0 Å². The van der Waals surface area contributed by atoms with Crippen LogP contribution in [-0.4, -0.2) is 31.1 Å². The third kappa shape index (κ3) is 15.2. The van der Waals surface area contributed by atoms with Gasteiger partial charge in [0, 0.05) is 0 Å². The van der Waals surface area contributed by atoms with E-state index in [9.17, 15) is 0 Å². The molecule has 0 aromatic carbocycles. The topological polar surface area (TPSA) is 29.3 Å². The Bertz CT molecular complexity index is 259. The molecular formula is C21H46N2. The van der Waals surface area contributed by atoms with E-state index in [1.165, 1.54) is 45.3 Å². The number of rotatable bonds is 11. The van der Waals surface area contributed by atoms with Crippen LogP contribution in [0.4, 0.5) is 0 Å². The average molecular weight is 327 g/mol. The summed E-state index contributed by atoms with van der Waals surface area (Å²) >= 11 is 0. The maximum absolute atomic E-state index is 5.73. The fraction of sp³-hybridized carbons (Fsp3) is 1.00. The van der Waals surface area contributed by atoms with Gasteiger partial charge in [-0.05, 0) is 80.9 Å². The minimum Gasteiger partial charge on any atom is -0.330 e. The summed E-state index contributed by atoms with van der Waals surface area (Å²) in [5.74, 6) is 1.62. The maximum atomic E-state index is 5.73. The summed E-state index contributed by atoms with van der Waals surface area (Å²) in [6.07, 6.45) is 6.39. The lowest BCUT2D eigenvalue weighted by Crippen LogP contribution is -2.31. The monoisotopic (exact) mass is 326 g/mol. The summed E-state index contributed by atoms with van der Waals surface area (Å²) in [4.78, 5) is 2.66. The summed E-state index contributed by atoms with van der Waals surface area (Å²) in [5.41, 5.74) is 6.62. The van der Waals surface area contributed by atoms with Crippen molar-refractivity contribution in [3.63, 3.8) is 0 Å². The van der Waals surface area contributed by atoms with Gasteiger partial charge in [0.05, 0.1) is 0 Å². The molecule has 2 heteroatoms. The van der Waals surface area contributed by atoms with Crippen molar-refractivity contribution < 1.29 is 0 Å². The predicted molar refractivity (Wildman–Crippen MR) is 106 cm³/mol. The van der Waals surface area contributed by atoms with Crippen molar-refractivity contribution in [3.05, 3.63) is 0 Å². The molecule has 0 amide bonds. The molecule has 0 saturated carbocycles. The van der Waals surface area contributed by atoms with Crippen LogP contribution in [0.3, 0.4) is 0 Å². The molecule has 0 aliphatic heterocycles. The minimum atomic E-state index is 0.447. The second-order valence-electron chi connectivity index (χ2n) is 10.3. The Morgan fingerprint density at radius 1 is 0.739 bits per heavy atom. The lowest BCUT2D eigenvalue weighted by Gasteiger charge is -2.29. The number of hydrogen-bond acceptors (Lipinski definition) is 2. The molecule has 0 rings (SSSR count).